The number of pyridine rings is 1. The zero-order chi connectivity index (χ0) is 14.9. The van der Waals surface area contributed by atoms with E-state index in [-0.39, 0.29) is 5.78 Å². The van der Waals surface area contributed by atoms with Gasteiger partial charge in [-0.1, -0.05) is 66.2 Å². The standard InChI is InChI=1S/C7H7NO.C6H14.C4H10/c1-6(9)7-2-4-8-5-3-7;1-3-5-6-4-2;1-3-4-2/h2-5H,1H3;3-6H2,1-2H3;3-4H2,1-2H3. The highest BCUT2D eigenvalue weighted by Crippen LogP contribution is 1.95. The van der Waals surface area contributed by atoms with Crippen LogP contribution >= 0.6 is 0 Å². The molecule has 0 atom stereocenters. The molecule has 0 spiro atoms. The predicted molar refractivity (Wildman–Crippen MR) is 84.6 cm³/mol. The number of hydrogen-bond donors (Lipinski definition) is 0. The molecule has 0 fully saturated rings. The smallest absolute Gasteiger partial charge is 0.159 e. The molecule has 1 aromatic heterocycles. The third-order valence-electron chi connectivity index (χ3n) is 2.54. The minimum Gasteiger partial charge on any atom is -0.295 e. The van der Waals surface area contributed by atoms with E-state index in [1.54, 1.807) is 24.5 Å². The van der Waals surface area contributed by atoms with Gasteiger partial charge in [0.15, 0.2) is 5.78 Å². The van der Waals surface area contributed by atoms with Crippen LogP contribution in [-0.4, -0.2) is 10.8 Å². The molecule has 0 bridgehead atoms. The van der Waals surface area contributed by atoms with Crippen molar-refractivity contribution in [2.75, 3.05) is 0 Å². The van der Waals surface area contributed by atoms with E-state index in [2.05, 4.69) is 32.7 Å². The van der Waals surface area contributed by atoms with E-state index in [1.165, 1.54) is 45.4 Å². The Kier molecular flexibility index (Phi) is 17.8. The summed E-state index contributed by atoms with van der Waals surface area (Å²) < 4.78 is 0. The second-order valence-corrected chi connectivity index (χ2v) is 4.50. The van der Waals surface area contributed by atoms with Gasteiger partial charge in [0, 0.05) is 18.0 Å². The first-order valence-corrected chi connectivity index (χ1v) is 7.54. The van der Waals surface area contributed by atoms with Gasteiger partial charge in [0.25, 0.3) is 0 Å². The molecule has 19 heavy (non-hydrogen) atoms. The van der Waals surface area contributed by atoms with Crippen molar-refractivity contribution >= 4 is 5.78 Å². The zero-order valence-corrected chi connectivity index (χ0v) is 13.4. The van der Waals surface area contributed by atoms with Crippen LogP contribution in [0.2, 0.25) is 0 Å². The van der Waals surface area contributed by atoms with E-state index in [0.717, 1.165) is 0 Å². The van der Waals surface area contributed by atoms with Crippen LogP contribution in [0.5, 0.6) is 0 Å². The SMILES string of the molecule is CC(=O)c1ccncc1.CCCC.CCCCCC. The molecule has 2 heteroatoms. The van der Waals surface area contributed by atoms with E-state index in [0.29, 0.717) is 5.56 Å². The lowest BCUT2D eigenvalue weighted by atomic mass is 10.2. The summed E-state index contributed by atoms with van der Waals surface area (Å²) in [7, 11) is 0. The van der Waals surface area contributed by atoms with Crippen molar-refractivity contribution in [3.8, 4) is 0 Å². The average molecular weight is 265 g/mol. The fraction of sp³-hybridized carbons (Fsp3) is 0.647. The molecule has 0 aliphatic heterocycles. The van der Waals surface area contributed by atoms with Crippen LogP contribution in [0.3, 0.4) is 0 Å². The number of nitrogens with zero attached hydrogens (tertiary/aromatic N) is 1. The van der Waals surface area contributed by atoms with Crippen molar-refractivity contribution in [3.05, 3.63) is 30.1 Å². The molecule has 0 aliphatic carbocycles. The first-order valence-electron chi connectivity index (χ1n) is 7.54. The van der Waals surface area contributed by atoms with Crippen LogP contribution in [0, 0.1) is 0 Å². The third-order valence-corrected chi connectivity index (χ3v) is 2.54. The van der Waals surface area contributed by atoms with Gasteiger partial charge in [0.1, 0.15) is 0 Å². The summed E-state index contributed by atoms with van der Waals surface area (Å²) in [4.78, 5) is 14.4. The highest BCUT2D eigenvalue weighted by Gasteiger charge is 1.93. The Bertz CT molecular complexity index is 277. The van der Waals surface area contributed by atoms with Crippen LogP contribution in [0.1, 0.15) is 83.5 Å². The fourth-order valence-electron chi connectivity index (χ4n) is 1.09. The van der Waals surface area contributed by atoms with Gasteiger partial charge in [-0.25, -0.2) is 0 Å². The summed E-state index contributed by atoms with van der Waals surface area (Å²) in [5, 5.41) is 0. The lowest BCUT2D eigenvalue weighted by Gasteiger charge is -1.88. The largest absolute Gasteiger partial charge is 0.295 e. The second-order valence-electron chi connectivity index (χ2n) is 4.50. The van der Waals surface area contributed by atoms with Gasteiger partial charge < -0.3 is 0 Å². The molecule has 0 saturated heterocycles. The first kappa shape index (κ1) is 20.1. The summed E-state index contributed by atoms with van der Waals surface area (Å²) in [6.45, 7) is 10.4. The molecule has 1 aromatic rings. The van der Waals surface area contributed by atoms with Gasteiger partial charge in [0.2, 0.25) is 0 Å². The number of ketones is 1. The number of aromatic nitrogens is 1. The van der Waals surface area contributed by atoms with Crippen molar-refractivity contribution in [1.82, 2.24) is 4.98 Å². The highest BCUT2D eigenvalue weighted by atomic mass is 16.1. The number of Topliss-reactive ketones (excluding diaryl/α,β-unsaturated/α-hetero) is 1. The summed E-state index contributed by atoms with van der Waals surface area (Å²) in [6.07, 6.45) is 11.4. The molecule has 2 nitrogen and oxygen atoms in total. The molecule has 0 N–H and O–H groups in total. The predicted octanol–water partition coefficient (Wildman–Crippen LogP) is 5.68. The summed E-state index contributed by atoms with van der Waals surface area (Å²) in [5.74, 6) is 0.0809. The maximum Gasteiger partial charge on any atom is 0.159 e. The molecular weight excluding hydrogens is 234 g/mol. The van der Waals surface area contributed by atoms with Gasteiger partial charge >= 0.3 is 0 Å². The minimum absolute atomic E-state index is 0.0809. The zero-order valence-electron chi connectivity index (χ0n) is 13.4. The third kappa shape index (κ3) is 16.8. The minimum atomic E-state index is 0.0809. The normalized spacial score (nSPS) is 8.68. The van der Waals surface area contributed by atoms with Crippen LogP contribution in [0.15, 0.2) is 24.5 Å². The number of unbranched alkanes of at least 4 members (excludes halogenated alkanes) is 4. The molecule has 0 unspecified atom stereocenters. The lowest BCUT2D eigenvalue weighted by Crippen LogP contribution is -1.89. The van der Waals surface area contributed by atoms with E-state index < -0.39 is 0 Å². The Hall–Kier alpha value is -1.18. The molecule has 1 heterocycles. The van der Waals surface area contributed by atoms with Crippen molar-refractivity contribution in [3.63, 3.8) is 0 Å². The van der Waals surface area contributed by atoms with Crippen LogP contribution in [0.4, 0.5) is 0 Å². The maximum absolute atomic E-state index is 10.6. The summed E-state index contributed by atoms with van der Waals surface area (Å²) in [6, 6.07) is 3.39. The Labute approximate surface area is 119 Å². The van der Waals surface area contributed by atoms with Gasteiger partial charge in [-0.2, -0.15) is 0 Å². The van der Waals surface area contributed by atoms with E-state index >= 15 is 0 Å². The van der Waals surface area contributed by atoms with Gasteiger partial charge in [-0.05, 0) is 19.1 Å². The van der Waals surface area contributed by atoms with Crippen LogP contribution in [0.25, 0.3) is 0 Å². The summed E-state index contributed by atoms with van der Waals surface area (Å²) >= 11 is 0. The van der Waals surface area contributed by atoms with E-state index in [1.807, 2.05) is 0 Å². The van der Waals surface area contributed by atoms with E-state index in [4.69, 9.17) is 0 Å². The monoisotopic (exact) mass is 265 g/mol. The Morgan fingerprint density at radius 2 is 1.32 bits per heavy atom. The Morgan fingerprint density at radius 1 is 0.895 bits per heavy atom. The Morgan fingerprint density at radius 3 is 1.53 bits per heavy atom. The van der Waals surface area contributed by atoms with Gasteiger partial charge in [-0.15, -0.1) is 0 Å². The molecule has 0 aromatic carbocycles. The molecule has 0 radical (unpaired) electrons. The molecular formula is C17H31NO. The number of carbonyl (C=O) groups is 1. The molecule has 0 amide bonds. The van der Waals surface area contributed by atoms with Gasteiger partial charge in [-0.3, -0.25) is 9.78 Å². The topological polar surface area (TPSA) is 30.0 Å². The summed E-state index contributed by atoms with van der Waals surface area (Å²) in [5.41, 5.74) is 0.713. The molecule has 0 aliphatic rings. The quantitative estimate of drug-likeness (QED) is 0.506. The molecule has 0 saturated carbocycles. The fourth-order valence-corrected chi connectivity index (χ4v) is 1.09. The lowest BCUT2D eigenvalue weighted by molar-refractivity contribution is 0.101. The Balaban J connectivity index is 0. The van der Waals surface area contributed by atoms with Crippen LogP contribution < -0.4 is 0 Å². The van der Waals surface area contributed by atoms with Crippen molar-refractivity contribution < 1.29 is 4.79 Å². The van der Waals surface area contributed by atoms with Crippen LogP contribution in [-0.2, 0) is 0 Å². The van der Waals surface area contributed by atoms with Gasteiger partial charge in [0.05, 0.1) is 0 Å². The molecule has 110 valence electrons. The molecule has 1 rings (SSSR count). The number of rotatable bonds is 5. The number of hydrogen-bond acceptors (Lipinski definition) is 2. The second kappa shape index (κ2) is 16.8. The number of carbonyl (C=O) groups excluding carboxylic acids is 1. The highest BCUT2D eigenvalue weighted by molar-refractivity contribution is 5.93. The first-order chi connectivity index (χ1) is 9.13. The van der Waals surface area contributed by atoms with E-state index in [9.17, 15) is 4.79 Å². The maximum atomic E-state index is 10.6. The van der Waals surface area contributed by atoms with Crippen molar-refractivity contribution in [1.29, 1.82) is 0 Å². The van der Waals surface area contributed by atoms with Crippen molar-refractivity contribution in [2.24, 2.45) is 0 Å². The average Bonchev–Trinajstić information content (AvgIpc) is 2.47. The van der Waals surface area contributed by atoms with Crippen molar-refractivity contribution in [2.45, 2.75) is 73.1 Å².